The number of halogens is 1. The second kappa shape index (κ2) is 5.12. The van der Waals surface area contributed by atoms with E-state index in [-0.39, 0.29) is 11.7 Å². The van der Waals surface area contributed by atoms with E-state index in [0.29, 0.717) is 24.1 Å². The lowest BCUT2D eigenvalue weighted by atomic mass is 10.0. The van der Waals surface area contributed by atoms with E-state index >= 15 is 0 Å². The fourth-order valence-corrected chi connectivity index (χ4v) is 1.82. The number of Topliss-reactive ketones (excluding diaryl/α,β-unsaturated/α-hetero) is 1. The molecule has 4 heteroatoms. The Morgan fingerprint density at radius 1 is 1.28 bits per heavy atom. The van der Waals surface area contributed by atoms with E-state index in [1.165, 1.54) is 10.9 Å². The number of ketones is 1. The molecule has 0 bridgehead atoms. The summed E-state index contributed by atoms with van der Waals surface area (Å²) in [5, 5.41) is 3.96. The minimum atomic E-state index is -0.341. The fraction of sp³-hybridized carbons (Fsp3) is 0.286. The molecular formula is C14H15FN2O. The number of benzene rings is 1. The second-order valence-corrected chi connectivity index (χ2v) is 4.02. The number of nitrogens with zero attached hydrogens (tertiary/aromatic N) is 2. The van der Waals surface area contributed by atoms with Crippen LogP contribution in [-0.4, -0.2) is 15.6 Å². The molecule has 0 amide bonds. The molecule has 1 aromatic heterocycles. The molecule has 0 fully saturated rings. The van der Waals surface area contributed by atoms with Crippen molar-refractivity contribution in [3.8, 4) is 11.1 Å². The topological polar surface area (TPSA) is 34.9 Å². The number of hydrogen-bond acceptors (Lipinski definition) is 2. The molecule has 2 rings (SSSR count). The molecule has 0 aliphatic carbocycles. The van der Waals surface area contributed by atoms with Crippen LogP contribution in [0.1, 0.15) is 30.6 Å². The molecule has 0 radical (unpaired) electrons. The molecule has 0 N–H and O–H groups in total. The van der Waals surface area contributed by atoms with Crippen LogP contribution in [0, 0.1) is 5.95 Å². The van der Waals surface area contributed by atoms with Crippen LogP contribution in [0.15, 0.2) is 30.5 Å². The van der Waals surface area contributed by atoms with Crippen molar-refractivity contribution in [2.24, 2.45) is 0 Å². The quantitative estimate of drug-likeness (QED) is 0.776. The van der Waals surface area contributed by atoms with E-state index in [4.69, 9.17) is 0 Å². The predicted molar refractivity (Wildman–Crippen MR) is 67.9 cm³/mol. The van der Waals surface area contributed by atoms with Gasteiger partial charge in [0.1, 0.15) is 0 Å². The van der Waals surface area contributed by atoms with Crippen molar-refractivity contribution in [1.29, 1.82) is 0 Å². The number of aromatic nitrogens is 2. The Labute approximate surface area is 105 Å². The van der Waals surface area contributed by atoms with E-state index in [0.717, 1.165) is 5.56 Å². The predicted octanol–water partition coefficient (Wildman–Crippen LogP) is 3.30. The summed E-state index contributed by atoms with van der Waals surface area (Å²) in [5.74, 6) is -0.252. The summed E-state index contributed by atoms with van der Waals surface area (Å²) in [7, 11) is 0. The number of rotatable bonds is 4. The molecule has 0 aliphatic heterocycles. The first-order chi connectivity index (χ1) is 8.67. The molecule has 0 saturated heterocycles. The molecule has 18 heavy (non-hydrogen) atoms. The zero-order valence-corrected chi connectivity index (χ0v) is 10.5. The minimum Gasteiger partial charge on any atom is -0.294 e. The highest BCUT2D eigenvalue weighted by Gasteiger charge is 2.11. The first-order valence-electron chi connectivity index (χ1n) is 6.02. The van der Waals surface area contributed by atoms with E-state index in [1.54, 1.807) is 24.3 Å². The maximum atomic E-state index is 13.9. The first kappa shape index (κ1) is 12.5. The normalized spacial score (nSPS) is 10.6. The highest BCUT2D eigenvalue weighted by Crippen LogP contribution is 2.23. The summed E-state index contributed by atoms with van der Waals surface area (Å²) in [6, 6.07) is 6.96. The molecule has 0 unspecified atom stereocenters. The molecular weight excluding hydrogens is 231 g/mol. The van der Waals surface area contributed by atoms with Gasteiger partial charge in [-0.05, 0) is 12.5 Å². The van der Waals surface area contributed by atoms with Gasteiger partial charge >= 0.3 is 0 Å². The third-order valence-electron chi connectivity index (χ3n) is 2.91. The molecule has 0 spiro atoms. The van der Waals surface area contributed by atoms with Crippen LogP contribution < -0.4 is 0 Å². The van der Waals surface area contributed by atoms with E-state index < -0.39 is 0 Å². The zero-order chi connectivity index (χ0) is 13.1. The van der Waals surface area contributed by atoms with E-state index in [1.807, 2.05) is 13.8 Å². The van der Waals surface area contributed by atoms with Gasteiger partial charge in [-0.3, -0.25) is 4.79 Å². The van der Waals surface area contributed by atoms with Crippen LogP contribution in [0.3, 0.4) is 0 Å². The van der Waals surface area contributed by atoms with Gasteiger partial charge in [-0.2, -0.15) is 9.49 Å². The SMILES string of the molecule is CCC(=O)c1ccc(-c2cnn(CC)c2F)cc1. The zero-order valence-electron chi connectivity index (χ0n) is 10.5. The largest absolute Gasteiger partial charge is 0.294 e. The van der Waals surface area contributed by atoms with Gasteiger partial charge in [-0.15, -0.1) is 0 Å². The average molecular weight is 246 g/mol. The van der Waals surface area contributed by atoms with Gasteiger partial charge in [0.05, 0.1) is 11.8 Å². The van der Waals surface area contributed by atoms with Gasteiger partial charge < -0.3 is 0 Å². The number of aryl methyl sites for hydroxylation is 1. The number of carbonyl (C=O) groups excluding carboxylic acids is 1. The smallest absolute Gasteiger partial charge is 0.219 e. The fourth-order valence-electron chi connectivity index (χ4n) is 1.82. The maximum absolute atomic E-state index is 13.9. The summed E-state index contributed by atoms with van der Waals surface area (Å²) in [5.41, 5.74) is 1.86. The lowest BCUT2D eigenvalue weighted by molar-refractivity contribution is 0.0988. The second-order valence-electron chi connectivity index (χ2n) is 4.02. The Morgan fingerprint density at radius 2 is 1.94 bits per heavy atom. The van der Waals surface area contributed by atoms with Crippen LogP contribution in [0.5, 0.6) is 0 Å². The average Bonchev–Trinajstić information content (AvgIpc) is 2.79. The molecule has 0 aliphatic rings. The molecule has 0 atom stereocenters. The van der Waals surface area contributed by atoms with Crippen LogP contribution >= 0.6 is 0 Å². The number of hydrogen-bond donors (Lipinski definition) is 0. The molecule has 1 heterocycles. The Kier molecular flexibility index (Phi) is 3.55. The minimum absolute atomic E-state index is 0.0891. The Balaban J connectivity index is 2.34. The third kappa shape index (κ3) is 2.18. The lowest BCUT2D eigenvalue weighted by Gasteiger charge is -2.01. The van der Waals surface area contributed by atoms with Crippen molar-refractivity contribution in [1.82, 2.24) is 9.78 Å². The molecule has 1 aromatic carbocycles. The van der Waals surface area contributed by atoms with Gasteiger partial charge in [-0.1, -0.05) is 31.2 Å². The van der Waals surface area contributed by atoms with Crippen molar-refractivity contribution >= 4 is 5.78 Å². The van der Waals surface area contributed by atoms with Gasteiger partial charge in [0.25, 0.3) is 0 Å². The van der Waals surface area contributed by atoms with Crippen molar-refractivity contribution in [2.75, 3.05) is 0 Å². The van der Waals surface area contributed by atoms with Crippen LogP contribution in [0.2, 0.25) is 0 Å². The Morgan fingerprint density at radius 3 is 2.44 bits per heavy atom. The van der Waals surface area contributed by atoms with Crippen molar-refractivity contribution in [2.45, 2.75) is 26.8 Å². The summed E-state index contributed by atoms with van der Waals surface area (Å²) < 4.78 is 15.2. The highest BCUT2D eigenvalue weighted by molar-refractivity contribution is 5.96. The third-order valence-corrected chi connectivity index (χ3v) is 2.91. The maximum Gasteiger partial charge on any atom is 0.219 e. The standard InChI is InChI=1S/C14H15FN2O/c1-3-13(18)11-7-5-10(6-8-11)12-9-16-17(4-2)14(12)15/h5-9H,3-4H2,1-2H3. The van der Waals surface area contributed by atoms with Gasteiger partial charge in [0.15, 0.2) is 5.78 Å². The van der Waals surface area contributed by atoms with Crippen LogP contribution in [-0.2, 0) is 6.54 Å². The Hall–Kier alpha value is -1.97. The highest BCUT2D eigenvalue weighted by atomic mass is 19.1. The van der Waals surface area contributed by atoms with Crippen molar-refractivity contribution in [3.05, 3.63) is 42.0 Å². The van der Waals surface area contributed by atoms with Gasteiger partial charge in [0.2, 0.25) is 5.95 Å². The van der Waals surface area contributed by atoms with Crippen molar-refractivity contribution < 1.29 is 9.18 Å². The summed E-state index contributed by atoms with van der Waals surface area (Å²) >= 11 is 0. The number of carbonyl (C=O) groups is 1. The Bertz CT molecular complexity index is 558. The monoisotopic (exact) mass is 246 g/mol. The van der Waals surface area contributed by atoms with E-state index in [9.17, 15) is 9.18 Å². The van der Waals surface area contributed by atoms with Gasteiger partial charge in [0, 0.05) is 18.5 Å². The summed E-state index contributed by atoms with van der Waals surface area (Å²) in [6.07, 6.45) is 1.98. The van der Waals surface area contributed by atoms with Crippen LogP contribution in [0.4, 0.5) is 4.39 Å². The van der Waals surface area contributed by atoms with Crippen molar-refractivity contribution in [3.63, 3.8) is 0 Å². The molecule has 0 saturated carbocycles. The first-order valence-corrected chi connectivity index (χ1v) is 6.02. The lowest BCUT2D eigenvalue weighted by Crippen LogP contribution is -1.99. The molecule has 3 nitrogen and oxygen atoms in total. The van der Waals surface area contributed by atoms with Crippen LogP contribution in [0.25, 0.3) is 11.1 Å². The molecule has 2 aromatic rings. The molecule has 94 valence electrons. The van der Waals surface area contributed by atoms with Gasteiger partial charge in [-0.25, -0.2) is 4.68 Å². The summed E-state index contributed by atoms with van der Waals surface area (Å²) in [4.78, 5) is 11.5. The summed E-state index contributed by atoms with van der Waals surface area (Å²) in [6.45, 7) is 4.16. The van der Waals surface area contributed by atoms with E-state index in [2.05, 4.69) is 5.10 Å².